The zero-order valence-corrected chi connectivity index (χ0v) is 21.4. The van der Waals surface area contributed by atoms with Crippen molar-refractivity contribution in [3.8, 4) is 5.75 Å². The molecular weight excluding hydrogens is 436 g/mol. The van der Waals surface area contributed by atoms with Crippen molar-refractivity contribution in [1.29, 1.82) is 0 Å². The second-order valence-corrected chi connectivity index (χ2v) is 11.0. The van der Waals surface area contributed by atoms with E-state index in [9.17, 15) is 13.2 Å². The Morgan fingerprint density at radius 2 is 1.79 bits per heavy atom. The maximum absolute atomic E-state index is 13.3. The van der Waals surface area contributed by atoms with Crippen molar-refractivity contribution in [2.45, 2.75) is 65.3 Å². The summed E-state index contributed by atoms with van der Waals surface area (Å²) in [5.74, 6) is 0.220. The maximum Gasteiger partial charge on any atom is 0.243 e. The molecule has 0 aliphatic carbocycles. The van der Waals surface area contributed by atoms with Crippen LogP contribution in [0.25, 0.3) is 0 Å². The van der Waals surface area contributed by atoms with E-state index in [1.54, 1.807) is 18.2 Å². The van der Waals surface area contributed by atoms with Crippen molar-refractivity contribution in [1.82, 2.24) is 9.62 Å². The Balaban J connectivity index is 1.72. The molecule has 7 heteroatoms. The van der Waals surface area contributed by atoms with Gasteiger partial charge in [0, 0.05) is 13.1 Å². The highest BCUT2D eigenvalue weighted by Crippen LogP contribution is 2.28. The zero-order chi connectivity index (χ0) is 24.3. The first-order valence-corrected chi connectivity index (χ1v) is 13.1. The number of rotatable bonds is 7. The summed E-state index contributed by atoms with van der Waals surface area (Å²) in [5.41, 5.74) is 5.44. The van der Waals surface area contributed by atoms with Gasteiger partial charge >= 0.3 is 0 Å². The average Bonchev–Trinajstić information content (AvgIpc) is 2.77. The monoisotopic (exact) mass is 472 g/mol. The van der Waals surface area contributed by atoms with E-state index in [0.29, 0.717) is 31.7 Å². The van der Waals surface area contributed by atoms with Gasteiger partial charge in [0.2, 0.25) is 15.9 Å². The molecule has 3 rings (SSSR count). The Labute approximate surface area is 198 Å². The van der Waals surface area contributed by atoms with E-state index in [1.165, 1.54) is 15.4 Å². The van der Waals surface area contributed by atoms with Gasteiger partial charge in [-0.3, -0.25) is 4.79 Å². The van der Waals surface area contributed by atoms with Crippen LogP contribution < -0.4 is 10.1 Å². The lowest BCUT2D eigenvalue weighted by Gasteiger charge is -2.32. The molecule has 2 atom stereocenters. The SMILES string of the molecule is CCOc1ccc(S(=O)(=O)N2CCC[C@@H](C(=O)N[C@@H](C)c3cc(C)c(C)cc3C)C2)cc1C. The summed E-state index contributed by atoms with van der Waals surface area (Å²) >= 11 is 0. The number of sulfonamides is 1. The first-order valence-electron chi connectivity index (χ1n) is 11.7. The number of aryl methyl sites for hydroxylation is 4. The number of benzene rings is 2. The fourth-order valence-electron chi connectivity index (χ4n) is 4.48. The van der Waals surface area contributed by atoms with Gasteiger partial charge in [0.25, 0.3) is 0 Å². The van der Waals surface area contributed by atoms with Crippen molar-refractivity contribution >= 4 is 15.9 Å². The van der Waals surface area contributed by atoms with Crippen molar-refractivity contribution in [2.24, 2.45) is 5.92 Å². The molecular formula is C26H36N2O4S. The molecule has 1 heterocycles. The second kappa shape index (κ2) is 10.3. The molecule has 0 aromatic heterocycles. The highest BCUT2D eigenvalue weighted by atomic mass is 32.2. The van der Waals surface area contributed by atoms with Crippen LogP contribution in [0.2, 0.25) is 0 Å². The maximum atomic E-state index is 13.3. The molecule has 0 saturated carbocycles. The smallest absolute Gasteiger partial charge is 0.243 e. The van der Waals surface area contributed by atoms with Gasteiger partial charge < -0.3 is 10.1 Å². The largest absolute Gasteiger partial charge is 0.494 e. The van der Waals surface area contributed by atoms with Crippen LogP contribution in [0.5, 0.6) is 5.75 Å². The highest BCUT2D eigenvalue weighted by molar-refractivity contribution is 7.89. The fraction of sp³-hybridized carbons (Fsp3) is 0.500. The van der Waals surface area contributed by atoms with Gasteiger partial charge in [-0.1, -0.05) is 12.1 Å². The number of carbonyl (C=O) groups excluding carboxylic acids is 1. The first kappa shape index (κ1) is 25.2. The Hall–Kier alpha value is -2.38. The van der Waals surface area contributed by atoms with Crippen LogP contribution >= 0.6 is 0 Å². The lowest BCUT2D eigenvalue weighted by atomic mass is 9.95. The minimum atomic E-state index is -3.68. The predicted molar refractivity (Wildman–Crippen MR) is 131 cm³/mol. The van der Waals surface area contributed by atoms with Crippen LogP contribution in [0.4, 0.5) is 0 Å². The van der Waals surface area contributed by atoms with Crippen LogP contribution in [0.1, 0.15) is 60.5 Å². The molecule has 2 aromatic rings. The van der Waals surface area contributed by atoms with Crippen molar-refractivity contribution in [3.63, 3.8) is 0 Å². The molecule has 1 aliphatic rings. The normalized spacial score (nSPS) is 18.1. The van der Waals surface area contributed by atoms with Crippen LogP contribution in [0, 0.1) is 33.6 Å². The van der Waals surface area contributed by atoms with E-state index in [-0.39, 0.29) is 29.3 Å². The molecule has 0 bridgehead atoms. The minimum Gasteiger partial charge on any atom is -0.494 e. The molecule has 1 amide bonds. The summed E-state index contributed by atoms with van der Waals surface area (Å²) in [6.07, 6.45) is 1.34. The third-order valence-corrected chi connectivity index (χ3v) is 8.41. The lowest BCUT2D eigenvalue weighted by molar-refractivity contribution is -0.126. The molecule has 1 fully saturated rings. The number of piperidine rings is 1. The number of hydrogen-bond acceptors (Lipinski definition) is 4. The van der Waals surface area contributed by atoms with Crippen LogP contribution in [0.15, 0.2) is 35.2 Å². The van der Waals surface area contributed by atoms with Crippen LogP contribution in [-0.4, -0.2) is 38.3 Å². The van der Waals surface area contributed by atoms with Gasteiger partial charge in [0.1, 0.15) is 5.75 Å². The van der Waals surface area contributed by atoms with E-state index >= 15 is 0 Å². The number of carbonyl (C=O) groups is 1. The number of nitrogens with one attached hydrogen (secondary N) is 1. The minimum absolute atomic E-state index is 0.0945. The molecule has 1 aliphatic heterocycles. The summed E-state index contributed by atoms with van der Waals surface area (Å²) in [4.78, 5) is 13.3. The van der Waals surface area contributed by atoms with E-state index in [0.717, 1.165) is 16.7 Å². The lowest BCUT2D eigenvalue weighted by Crippen LogP contribution is -2.45. The number of amides is 1. The molecule has 1 N–H and O–H groups in total. The molecule has 180 valence electrons. The molecule has 0 unspecified atom stereocenters. The Morgan fingerprint density at radius 1 is 1.09 bits per heavy atom. The molecule has 1 saturated heterocycles. The van der Waals surface area contributed by atoms with E-state index < -0.39 is 10.0 Å². The molecule has 33 heavy (non-hydrogen) atoms. The summed E-state index contributed by atoms with van der Waals surface area (Å²) in [6, 6.07) is 9.06. The van der Waals surface area contributed by atoms with Gasteiger partial charge in [0.05, 0.1) is 23.5 Å². The zero-order valence-electron chi connectivity index (χ0n) is 20.6. The standard InChI is InChI=1S/C26H36N2O4S/c1-7-32-25-11-10-23(14-20(25)5)33(30,31)28-12-8-9-22(16-28)26(29)27-21(6)24-15-18(3)17(2)13-19(24)4/h10-11,13-15,21-22H,7-9,12,16H2,1-6H3,(H,27,29)/t21-,22+/m0/s1. The summed E-state index contributed by atoms with van der Waals surface area (Å²) < 4.78 is 33.6. The molecule has 0 spiro atoms. The molecule has 2 aromatic carbocycles. The summed E-state index contributed by atoms with van der Waals surface area (Å²) in [6.45, 7) is 13.1. The highest BCUT2D eigenvalue weighted by Gasteiger charge is 2.34. The quantitative estimate of drug-likeness (QED) is 0.639. The number of hydrogen-bond donors (Lipinski definition) is 1. The van der Waals surface area contributed by atoms with Gasteiger partial charge in [-0.05, 0) is 100 Å². The number of nitrogens with zero attached hydrogens (tertiary/aromatic N) is 1. The summed E-state index contributed by atoms with van der Waals surface area (Å²) in [5, 5.41) is 3.12. The number of ether oxygens (including phenoxy) is 1. The molecule has 6 nitrogen and oxygen atoms in total. The van der Waals surface area contributed by atoms with Gasteiger partial charge in [-0.15, -0.1) is 0 Å². The second-order valence-electron chi connectivity index (χ2n) is 9.09. The topological polar surface area (TPSA) is 75.7 Å². The average molecular weight is 473 g/mol. The Bertz CT molecular complexity index is 1130. The first-order chi connectivity index (χ1) is 15.5. The fourth-order valence-corrected chi connectivity index (χ4v) is 6.09. The van der Waals surface area contributed by atoms with Gasteiger partial charge in [-0.2, -0.15) is 4.31 Å². The van der Waals surface area contributed by atoms with Crippen molar-refractivity contribution < 1.29 is 17.9 Å². The van der Waals surface area contributed by atoms with E-state index in [2.05, 4.69) is 38.2 Å². The Kier molecular flexibility index (Phi) is 7.85. The third-order valence-electron chi connectivity index (χ3n) is 6.55. The Morgan fingerprint density at radius 3 is 2.45 bits per heavy atom. The van der Waals surface area contributed by atoms with Gasteiger partial charge in [-0.25, -0.2) is 8.42 Å². The van der Waals surface area contributed by atoms with Crippen molar-refractivity contribution in [3.05, 3.63) is 58.1 Å². The van der Waals surface area contributed by atoms with Crippen LogP contribution in [0.3, 0.4) is 0 Å². The van der Waals surface area contributed by atoms with E-state index in [1.807, 2.05) is 20.8 Å². The van der Waals surface area contributed by atoms with Gasteiger partial charge in [0.15, 0.2) is 0 Å². The predicted octanol–water partition coefficient (Wildman–Crippen LogP) is 4.60. The molecule has 0 radical (unpaired) electrons. The van der Waals surface area contributed by atoms with Crippen LogP contribution in [-0.2, 0) is 14.8 Å². The third kappa shape index (κ3) is 5.58. The van der Waals surface area contributed by atoms with E-state index in [4.69, 9.17) is 4.74 Å². The van der Waals surface area contributed by atoms with Crippen molar-refractivity contribution in [2.75, 3.05) is 19.7 Å². The summed E-state index contributed by atoms with van der Waals surface area (Å²) in [7, 11) is -3.68.